The van der Waals surface area contributed by atoms with Gasteiger partial charge >= 0.3 is 6.03 Å². The van der Waals surface area contributed by atoms with Gasteiger partial charge in [0.1, 0.15) is 0 Å². The first kappa shape index (κ1) is 18.6. The highest BCUT2D eigenvalue weighted by molar-refractivity contribution is 5.74. The summed E-state index contributed by atoms with van der Waals surface area (Å²) in [5.41, 5.74) is 1.21. The van der Waals surface area contributed by atoms with E-state index in [1.54, 1.807) is 0 Å². The molecule has 1 aromatic carbocycles. The molecule has 1 aliphatic heterocycles. The average molecular weight is 333 g/mol. The molecule has 2 amide bonds. The largest absolute Gasteiger partial charge is 0.396 e. The number of aliphatic hydroxyl groups is 1. The number of hydrogen-bond donors (Lipinski definition) is 3. The van der Waals surface area contributed by atoms with E-state index >= 15 is 0 Å². The van der Waals surface area contributed by atoms with Crippen LogP contribution in [0.1, 0.15) is 39.5 Å². The third kappa shape index (κ3) is 4.87. The van der Waals surface area contributed by atoms with E-state index in [1.165, 1.54) is 5.69 Å². The van der Waals surface area contributed by atoms with Gasteiger partial charge in [0.25, 0.3) is 0 Å². The van der Waals surface area contributed by atoms with E-state index in [2.05, 4.69) is 41.5 Å². The van der Waals surface area contributed by atoms with E-state index in [4.69, 9.17) is 0 Å². The number of urea groups is 1. The van der Waals surface area contributed by atoms with Gasteiger partial charge in [0.2, 0.25) is 0 Å². The predicted octanol–water partition coefficient (Wildman–Crippen LogP) is 2.75. The standard InChI is InChI=1S/C19H31N3O2/c1-3-19(4-2,11-13-23)15-20-18(24)21-16-10-12-22(14-16)17-8-6-5-7-9-17/h5-9,16,23H,3-4,10-15H2,1-2H3,(H2,20,21,24). The maximum Gasteiger partial charge on any atom is 0.315 e. The zero-order chi connectivity index (χ0) is 17.4. The molecular weight excluding hydrogens is 302 g/mol. The van der Waals surface area contributed by atoms with Crippen LogP contribution in [0.25, 0.3) is 0 Å². The number of para-hydroxylation sites is 1. The summed E-state index contributed by atoms with van der Waals surface area (Å²) in [7, 11) is 0. The lowest BCUT2D eigenvalue weighted by Gasteiger charge is -2.31. The summed E-state index contributed by atoms with van der Waals surface area (Å²) in [6.45, 7) is 6.83. The molecule has 134 valence electrons. The van der Waals surface area contributed by atoms with Crippen LogP contribution in [0.4, 0.5) is 10.5 Å². The van der Waals surface area contributed by atoms with Crippen LogP contribution in [0.5, 0.6) is 0 Å². The second-order valence-corrected chi connectivity index (χ2v) is 6.77. The highest BCUT2D eigenvalue weighted by Gasteiger charge is 2.28. The molecule has 0 radical (unpaired) electrons. The Hall–Kier alpha value is -1.75. The number of aliphatic hydroxyl groups excluding tert-OH is 1. The van der Waals surface area contributed by atoms with Gasteiger partial charge in [-0.25, -0.2) is 4.79 Å². The van der Waals surface area contributed by atoms with E-state index in [0.29, 0.717) is 6.54 Å². The van der Waals surface area contributed by atoms with Crippen LogP contribution in [0.2, 0.25) is 0 Å². The molecule has 24 heavy (non-hydrogen) atoms. The maximum absolute atomic E-state index is 12.2. The Morgan fingerprint density at radius 3 is 2.62 bits per heavy atom. The summed E-state index contributed by atoms with van der Waals surface area (Å²) in [6.07, 6.45) is 3.60. The number of rotatable bonds is 8. The minimum absolute atomic E-state index is 0.00214. The van der Waals surface area contributed by atoms with E-state index in [9.17, 15) is 9.90 Å². The molecule has 0 spiro atoms. The molecule has 1 saturated heterocycles. The molecule has 1 atom stereocenters. The molecule has 0 aromatic heterocycles. The zero-order valence-electron chi connectivity index (χ0n) is 14.9. The number of carbonyl (C=O) groups is 1. The third-order valence-corrected chi connectivity index (χ3v) is 5.41. The molecule has 5 nitrogen and oxygen atoms in total. The lowest BCUT2D eigenvalue weighted by molar-refractivity contribution is 0.163. The average Bonchev–Trinajstić information content (AvgIpc) is 3.08. The number of amides is 2. The summed E-state index contributed by atoms with van der Waals surface area (Å²) >= 11 is 0. The van der Waals surface area contributed by atoms with Crippen molar-refractivity contribution in [3.05, 3.63) is 30.3 Å². The second kappa shape index (κ2) is 8.92. The van der Waals surface area contributed by atoms with Crippen molar-refractivity contribution >= 4 is 11.7 Å². The van der Waals surface area contributed by atoms with E-state index in [1.807, 2.05) is 18.2 Å². The zero-order valence-corrected chi connectivity index (χ0v) is 14.9. The molecule has 3 N–H and O–H groups in total. The summed E-state index contributed by atoms with van der Waals surface area (Å²) in [5.74, 6) is 0. The highest BCUT2D eigenvalue weighted by atomic mass is 16.3. The van der Waals surface area contributed by atoms with Crippen molar-refractivity contribution in [2.75, 3.05) is 31.1 Å². The van der Waals surface area contributed by atoms with Gasteiger partial charge in [-0.1, -0.05) is 32.0 Å². The number of nitrogens with one attached hydrogen (secondary N) is 2. The predicted molar refractivity (Wildman–Crippen MR) is 98.3 cm³/mol. The SMILES string of the molecule is CCC(CC)(CCO)CNC(=O)NC1CCN(c2ccccc2)C1. The van der Waals surface area contributed by atoms with E-state index in [0.717, 1.165) is 38.8 Å². The van der Waals surface area contributed by atoms with Gasteiger partial charge in [-0.2, -0.15) is 0 Å². The normalized spacial score (nSPS) is 17.8. The van der Waals surface area contributed by atoms with Crippen LogP contribution in [0, 0.1) is 5.41 Å². The molecule has 1 fully saturated rings. The lowest BCUT2D eigenvalue weighted by atomic mass is 9.79. The Bertz CT molecular complexity index is 503. The van der Waals surface area contributed by atoms with Crippen molar-refractivity contribution in [1.29, 1.82) is 0 Å². The minimum atomic E-state index is -0.0980. The number of hydrogen-bond acceptors (Lipinski definition) is 3. The second-order valence-electron chi connectivity index (χ2n) is 6.77. The Balaban J connectivity index is 1.79. The molecule has 0 aliphatic carbocycles. The topological polar surface area (TPSA) is 64.6 Å². The van der Waals surface area contributed by atoms with Crippen LogP contribution in [0.3, 0.4) is 0 Å². The molecule has 1 unspecified atom stereocenters. The van der Waals surface area contributed by atoms with Gasteiger partial charge < -0.3 is 20.6 Å². The number of benzene rings is 1. The molecule has 1 heterocycles. The first-order valence-electron chi connectivity index (χ1n) is 9.07. The van der Waals surface area contributed by atoms with Crippen molar-refractivity contribution in [2.24, 2.45) is 5.41 Å². The first-order chi connectivity index (χ1) is 11.6. The van der Waals surface area contributed by atoms with Crippen LogP contribution in [0.15, 0.2) is 30.3 Å². The first-order valence-corrected chi connectivity index (χ1v) is 9.07. The lowest BCUT2D eigenvalue weighted by Crippen LogP contribution is -2.47. The fourth-order valence-electron chi connectivity index (χ4n) is 3.43. The van der Waals surface area contributed by atoms with Gasteiger partial charge in [-0.05, 0) is 43.2 Å². The Morgan fingerprint density at radius 1 is 1.29 bits per heavy atom. The van der Waals surface area contributed by atoms with Gasteiger partial charge in [0.05, 0.1) is 0 Å². The molecule has 0 saturated carbocycles. The van der Waals surface area contributed by atoms with Gasteiger partial charge in [-0.15, -0.1) is 0 Å². The van der Waals surface area contributed by atoms with Crippen molar-refractivity contribution in [3.63, 3.8) is 0 Å². The summed E-state index contributed by atoms with van der Waals surface area (Å²) in [4.78, 5) is 14.5. The summed E-state index contributed by atoms with van der Waals surface area (Å²) < 4.78 is 0. The number of carbonyl (C=O) groups excluding carboxylic acids is 1. The molecule has 2 rings (SSSR count). The smallest absolute Gasteiger partial charge is 0.315 e. The van der Waals surface area contributed by atoms with Crippen LogP contribution in [-0.2, 0) is 0 Å². The monoisotopic (exact) mass is 333 g/mol. The van der Waals surface area contributed by atoms with Crippen molar-refractivity contribution in [2.45, 2.75) is 45.6 Å². The van der Waals surface area contributed by atoms with E-state index < -0.39 is 0 Å². The molecule has 5 heteroatoms. The quantitative estimate of drug-likeness (QED) is 0.685. The minimum Gasteiger partial charge on any atom is -0.396 e. The third-order valence-electron chi connectivity index (χ3n) is 5.41. The molecule has 1 aliphatic rings. The van der Waals surface area contributed by atoms with Crippen LogP contribution in [-0.4, -0.2) is 43.4 Å². The Kier molecular flexibility index (Phi) is 6.91. The van der Waals surface area contributed by atoms with Gasteiger partial charge in [-0.3, -0.25) is 0 Å². The van der Waals surface area contributed by atoms with Gasteiger partial charge in [0.15, 0.2) is 0 Å². The van der Waals surface area contributed by atoms with Crippen molar-refractivity contribution < 1.29 is 9.90 Å². The van der Waals surface area contributed by atoms with Crippen LogP contribution < -0.4 is 15.5 Å². The van der Waals surface area contributed by atoms with Crippen molar-refractivity contribution in [1.82, 2.24) is 10.6 Å². The fourth-order valence-corrected chi connectivity index (χ4v) is 3.43. The summed E-state index contributed by atoms with van der Waals surface area (Å²) in [5, 5.41) is 15.4. The Labute approximate surface area is 145 Å². The molecular formula is C19H31N3O2. The summed E-state index contributed by atoms with van der Waals surface area (Å²) in [6, 6.07) is 10.4. The highest BCUT2D eigenvalue weighted by Crippen LogP contribution is 2.29. The van der Waals surface area contributed by atoms with Gasteiger partial charge in [0, 0.05) is 38.0 Å². The van der Waals surface area contributed by atoms with Crippen molar-refractivity contribution in [3.8, 4) is 0 Å². The Morgan fingerprint density at radius 2 is 2.00 bits per heavy atom. The van der Waals surface area contributed by atoms with Crippen LogP contribution >= 0.6 is 0 Å². The number of nitrogens with zero attached hydrogens (tertiary/aromatic N) is 1. The maximum atomic E-state index is 12.2. The number of anilines is 1. The molecule has 1 aromatic rings. The van der Waals surface area contributed by atoms with E-state index in [-0.39, 0.29) is 24.1 Å². The fraction of sp³-hybridized carbons (Fsp3) is 0.632. The molecule has 0 bridgehead atoms.